The Labute approximate surface area is 150 Å². The Morgan fingerprint density at radius 1 is 1.36 bits per heavy atom. The number of rotatable bonds is 5. The lowest BCUT2D eigenvalue weighted by Crippen LogP contribution is -2.47. The molecule has 0 aromatic heterocycles. The van der Waals surface area contributed by atoms with Gasteiger partial charge in [0.2, 0.25) is 5.91 Å². The maximum atomic E-state index is 12.7. The minimum absolute atomic E-state index is 0.0471. The van der Waals surface area contributed by atoms with Gasteiger partial charge in [-0.2, -0.15) is 0 Å². The van der Waals surface area contributed by atoms with E-state index in [4.69, 9.17) is 4.74 Å². The number of benzene rings is 1. The summed E-state index contributed by atoms with van der Waals surface area (Å²) in [5.74, 6) is 0.929. The summed E-state index contributed by atoms with van der Waals surface area (Å²) in [4.78, 5) is 14.6. The summed E-state index contributed by atoms with van der Waals surface area (Å²) in [5, 5.41) is 13.7. The van der Waals surface area contributed by atoms with Crippen LogP contribution in [-0.4, -0.2) is 48.3 Å². The molecule has 0 saturated heterocycles. The summed E-state index contributed by atoms with van der Waals surface area (Å²) in [6.45, 7) is 3.60. The van der Waals surface area contributed by atoms with Gasteiger partial charge in [0.25, 0.3) is 0 Å². The van der Waals surface area contributed by atoms with Crippen molar-refractivity contribution >= 4 is 5.91 Å². The Hall–Kier alpha value is -1.59. The predicted molar refractivity (Wildman–Crippen MR) is 97.7 cm³/mol. The molecule has 2 N–H and O–H groups in total. The summed E-state index contributed by atoms with van der Waals surface area (Å²) in [7, 11) is 1.66. The molecule has 25 heavy (non-hydrogen) atoms. The fourth-order valence-electron chi connectivity index (χ4n) is 4.15. The van der Waals surface area contributed by atoms with Crippen LogP contribution in [-0.2, 0) is 11.2 Å². The second kappa shape index (κ2) is 7.75. The van der Waals surface area contributed by atoms with Crippen molar-refractivity contribution in [3.8, 4) is 5.75 Å². The molecule has 1 fully saturated rings. The Kier molecular flexibility index (Phi) is 5.64. The molecular formula is C20H30N2O3. The van der Waals surface area contributed by atoms with Crippen LogP contribution >= 0.6 is 0 Å². The van der Waals surface area contributed by atoms with E-state index in [1.165, 1.54) is 17.5 Å². The Morgan fingerprint density at radius 3 is 2.84 bits per heavy atom. The van der Waals surface area contributed by atoms with Gasteiger partial charge in [-0.25, -0.2) is 0 Å². The van der Waals surface area contributed by atoms with E-state index >= 15 is 0 Å². The highest BCUT2D eigenvalue weighted by molar-refractivity contribution is 5.79. The molecular weight excluding hydrogens is 316 g/mol. The minimum atomic E-state index is -0.633. The van der Waals surface area contributed by atoms with Crippen LogP contribution in [0.4, 0.5) is 0 Å². The zero-order chi connectivity index (χ0) is 17.9. The average molecular weight is 346 g/mol. The molecule has 0 bridgehead atoms. The van der Waals surface area contributed by atoms with Crippen molar-refractivity contribution in [3.63, 3.8) is 0 Å². The molecule has 1 saturated carbocycles. The van der Waals surface area contributed by atoms with Gasteiger partial charge in [-0.3, -0.25) is 4.79 Å². The lowest BCUT2D eigenvalue weighted by atomic mass is 9.85. The second-order valence-electron chi connectivity index (χ2n) is 7.47. The molecule has 1 aromatic rings. The van der Waals surface area contributed by atoms with Gasteiger partial charge in [-0.1, -0.05) is 25.3 Å². The predicted octanol–water partition coefficient (Wildman–Crippen LogP) is 2.43. The number of carbonyl (C=O) groups is 1. The molecule has 1 aliphatic heterocycles. The standard InChI is InChI=1S/C20H30N2O3/c1-15-18-12-17(25-2)7-6-16(18)8-11-22(15)19(23)13-21-14-20(24)9-4-3-5-10-20/h6-7,12,15,21,24H,3-5,8-11,13-14H2,1-2H3. The molecule has 0 spiro atoms. The molecule has 1 aliphatic carbocycles. The largest absolute Gasteiger partial charge is 0.497 e. The monoisotopic (exact) mass is 346 g/mol. The van der Waals surface area contributed by atoms with Crippen LogP contribution < -0.4 is 10.1 Å². The molecule has 2 aliphatic rings. The molecule has 1 unspecified atom stereocenters. The summed E-state index contributed by atoms with van der Waals surface area (Å²) in [6, 6.07) is 6.17. The highest BCUT2D eigenvalue weighted by Gasteiger charge is 2.30. The van der Waals surface area contributed by atoms with E-state index in [1.807, 2.05) is 17.0 Å². The second-order valence-corrected chi connectivity index (χ2v) is 7.47. The molecule has 0 radical (unpaired) electrons. The van der Waals surface area contributed by atoms with Gasteiger partial charge in [-0.15, -0.1) is 0 Å². The first-order valence-corrected chi connectivity index (χ1v) is 9.42. The van der Waals surface area contributed by atoms with Crippen LogP contribution in [0.25, 0.3) is 0 Å². The molecule has 138 valence electrons. The zero-order valence-electron chi connectivity index (χ0n) is 15.4. The number of nitrogens with zero attached hydrogens (tertiary/aromatic N) is 1. The molecule has 1 atom stereocenters. The van der Waals surface area contributed by atoms with Crippen molar-refractivity contribution in [2.75, 3.05) is 26.7 Å². The summed E-state index contributed by atoms with van der Waals surface area (Å²) < 4.78 is 5.32. The molecule has 5 heteroatoms. The van der Waals surface area contributed by atoms with Crippen LogP contribution in [0.1, 0.15) is 56.2 Å². The fraction of sp³-hybridized carbons (Fsp3) is 0.650. The van der Waals surface area contributed by atoms with Crippen molar-refractivity contribution < 1.29 is 14.6 Å². The lowest BCUT2D eigenvalue weighted by molar-refractivity contribution is -0.133. The Bertz CT molecular complexity index is 611. The van der Waals surface area contributed by atoms with Crippen LogP contribution in [0.2, 0.25) is 0 Å². The molecule has 3 rings (SSSR count). The Balaban J connectivity index is 1.57. The maximum Gasteiger partial charge on any atom is 0.237 e. The normalized spacial score (nSPS) is 22.4. The van der Waals surface area contributed by atoms with Crippen LogP contribution in [0, 0.1) is 0 Å². The van der Waals surface area contributed by atoms with E-state index < -0.39 is 5.60 Å². The topological polar surface area (TPSA) is 61.8 Å². The lowest BCUT2D eigenvalue weighted by Gasteiger charge is -2.36. The molecule has 1 aromatic carbocycles. The number of aliphatic hydroxyl groups is 1. The number of ether oxygens (including phenoxy) is 1. The maximum absolute atomic E-state index is 12.7. The average Bonchev–Trinajstić information content (AvgIpc) is 2.62. The molecule has 1 heterocycles. The number of hydrogen-bond donors (Lipinski definition) is 2. The van der Waals surface area contributed by atoms with Gasteiger partial charge in [0.15, 0.2) is 0 Å². The van der Waals surface area contributed by atoms with Crippen LogP contribution in [0.5, 0.6) is 5.75 Å². The van der Waals surface area contributed by atoms with E-state index in [0.717, 1.165) is 44.4 Å². The Morgan fingerprint density at radius 2 is 2.12 bits per heavy atom. The summed E-state index contributed by atoms with van der Waals surface area (Å²) >= 11 is 0. The smallest absolute Gasteiger partial charge is 0.237 e. The number of carbonyl (C=O) groups excluding carboxylic acids is 1. The van der Waals surface area contributed by atoms with Gasteiger partial charge in [0, 0.05) is 13.1 Å². The first kappa shape index (κ1) is 18.2. The van der Waals surface area contributed by atoms with Crippen LogP contribution in [0.15, 0.2) is 18.2 Å². The third-order valence-corrected chi connectivity index (χ3v) is 5.73. The van der Waals surface area contributed by atoms with Gasteiger partial charge in [-0.05, 0) is 49.4 Å². The number of fused-ring (bicyclic) bond motifs is 1. The summed E-state index contributed by atoms with van der Waals surface area (Å²) in [5.41, 5.74) is 1.83. The van der Waals surface area contributed by atoms with Crippen molar-refractivity contribution in [3.05, 3.63) is 29.3 Å². The number of nitrogens with one attached hydrogen (secondary N) is 1. The number of amides is 1. The van der Waals surface area contributed by atoms with Crippen molar-refractivity contribution in [2.24, 2.45) is 0 Å². The van der Waals surface area contributed by atoms with E-state index in [-0.39, 0.29) is 18.5 Å². The molecule has 5 nitrogen and oxygen atoms in total. The minimum Gasteiger partial charge on any atom is -0.497 e. The highest BCUT2D eigenvalue weighted by atomic mass is 16.5. The first-order chi connectivity index (χ1) is 12.0. The number of methoxy groups -OCH3 is 1. The van der Waals surface area contributed by atoms with E-state index in [0.29, 0.717) is 6.54 Å². The third-order valence-electron chi connectivity index (χ3n) is 5.73. The van der Waals surface area contributed by atoms with E-state index in [9.17, 15) is 9.90 Å². The van der Waals surface area contributed by atoms with Gasteiger partial charge in [0.1, 0.15) is 5.75 Å². The van der Waals surface area contributed by atoms with Crippen molar-refractivity contribution in [1.29, 1.82) is 0 Å². The summed E-state index contributed by atoms with van der Waals surface area (Å²) in [6.07, 6.45) is 5.90. The van der Waals surface area contributed by atoms with Gasteiger partial charge >= 0.3 is 0 Å². The fourth-order valence-corrected chi connectivity index (χ4v) is 4.15. The quantitative estimate of drug-likeness (QED) is 0.860. The van der Waals surface area contributed by atoms with Crippen molar-refractivity contribution in [1.82, 2.24) is 10.2 Å². The van der Waals surface area contributed by atoms with E-state index in [2.05, 4.69) is 18.3 Å². The van der Waals surface area contributed by atoms with Gasteiger partial charge in [0.05, 0.1) is 25.3 Å². The first-order valence-electron chi connectivity index (χ1n) is 9.42. The van der Waals surface area contributed by atoms with Crippen LogP contribution in [0.3, 0.4) is 0 Å². The third kappa shape index (κ3) is 4.15. The SMILES string of the molecule is COc1ccc2c(c1)C(C)N(C(=O)CNCC1(O)CCCCC1)CC2. The van der Waals surface area contributed by atoms with E-state index in [1.54, 1.807) is 7.11 Å². The highest BCUT2D eigenvalue weighted by Crippen LogP contribution is 2.32. The zero-order valence-corrected chi connectivity index (χ0v) is 15.4. The van der Waals surface area contributed by atoms with Gasteiger partial charge < -0.3 is 20.1 Å². The number of hydrogen-bond acceptors (Lipinski definition) is 4. The van der Waals surface area contributed by atoms with Crippen molar-refractivity contribution in [2.45, 2.75) is 57.1 Å². The molecule has 1 amide bonds.